The third-order valence-electron chi connectivity index (χ3n) is 3.21. The SMILES string of the molecule is CCC(=CC(=O)c1ccc(OC2CC2)cc1)CC. The second kappa shape index (κ2) is 5.85. The largest absolute Gasteiger partial charge is 0.490 e. The molecule has 0 aliphatic heterocycles. The first-order valence-electron chi connectivity index (χ1n) is 6.73. The topological polar surface area (TPSA) is 26.3 Å². The van der Waals surface area contributed by atoms with Crippen molar-refractivity contribution in [1.29, 1.82) is 0 Å². The Kier molecular flexibility index (Phi) is 4.19. The number of carbonyl (C=O) groups excluding carboxylic acids is 1. The number of hydrogen-bond acceptors (Lipinski definition) is 2. The summed E-state index contributed by atoms with van der Waals surface area (Å²) in [6.45, 7) is 4.16. The van der Waals surface area contributed by atoms with Gasteiger partial charge in [0.1, 0.15) is 5.75 Å². The highest BCUT2D eigenvalue weighted by Crippen LogP contribution is 2.26. The molecular weight excluding hydrogens is 224 g/mol. The van der Waals surface area contributed by atoms with Crippen molar-refractivity contribution in [3.05, 3.63) is 41.5 Å². The summed E-state index contributed by atoms with van der Waals surface area (Å²) in [5.74, 6) is 0.955. The molecule has 2 heteroatoms. The van der Waals surface area contributed by atoms with E-state index in [-0.39, 0.29) is 5.78 Å². The Balaban J connectivity index is 2.03. The maximum absolute atomic E-state index is 12.0. The second-order valence-corrected chi connectivity index (χ2v) is 4.72. The zero-order valence-corrected chi connectivity index (χ0v) is 11.1. The minimum absolute atomic E-state index is 0.0895. The van der Waals surface area contributed by atoms with Crippen LogP contribution < -0.4 is 4.74 Å². The molecule has 1 aromatic rings. The number of allylic oxidation sites excluding steroid dienone is 2. The molecule has 2 rings (SSSR count). The van der Waals surface area contributed by atoms with Crippen LogP contribution in [-0.4, -0.2) is 11.9 Å². The maximum atomic E-state index is 12.0. The van der Waals surface area contributed by atoms with Gasteiger partial charge in [0.15, 0.2) is 5.78 Å². The molecule has 0 heterocycles. The second-order valence-electron chi connectivity index (χ2n) is 4.72. The van der Waals surface area contributed by atoms with Crippen LogP contribution in [0.5, 0.6) is 5.75 Å². The Morgan fingerprint density at radius 3 is 2.33 bits per heavy atom. The molecule has 0 atom stereocenters. The molecule has 1 aromatic carbocycles. The first-order valence-corrected chi connectivity index (χ1v) is 6.73. The third-order valence-corrected chi connectivity index (χ3v) is 3.21. The Labute approximate surface area is 109 Å². The van der Waals surface area contributed by atoms with Gasteiger partial charge in [-0.25, -0.2) is 0 Å². The van der Waals surface area contributed by atoms with Crippen molar-refractivity contribution in [2.24, 2.45) is 0 Å². The van der Waals surface area contributed by atoms with Crippen LogP contribution in [0.4, 0.5) is 0 Å². The molecular formula is C16H20O2. The predicted molar refractivity (Wildman–Crippen MR) is 73.1 cm³/mol. The lowest BCUT2D eigenvalue weighted by Gasteiger charge is -2.05. The summed E-state index contributed by atoms with van der Waals surface area (Å²) in [6.07, 6.45) is 6.34. The number of rotatable bonds is 6. The molecule has 0 amide bonds. The molecule has 0 N–H and O–H groups in total. The maximum Gasteiger partial charge on any atom is 0.185 e. The lowest BCUT2D eigenvalue weighted by Crippen LogP contribution is -1.99. The molecule has 1 fully saturated rings. The summed E-state index contributed by atoms with van der Waals surface area (Å²) in [5.41, 5.74) is 1.93. The highest BCUT2D eigenvalue weighted by Gasteiger charge is 2.23. The van der Waals surface area contributed by atoms with Gasteiger partial charge in [0, 0.05) is 5.56 Å². The van der Waals surface area contributed by atoms with Gasteiger partial charge >= 0.3 is 0 Å². The van der Waals surface area contributed by atoms with E-state index in [1.165, 1.54) is 5.57 Å². The molecule has 0 spiro atoms. The smallest absolute Gasteiger partial charge is 0.185 e. The summed E-state index contributed by atoms with van der Waals surface area (Å²) in [6, 6.07) is 7.47. The van der Waals surface area contributed by atoms with Gasteiger partial charge < -0.3 is 4.74 Å². The number of benzene rings is 1. The number of ketones is 1. The van der Waals surface area contributed by atoms with E-state index >= 15 is 0 Å². The fraction of sp³-hybridized carbons (Fsp3) is 0.438. The highest BCUT2D eigenvalue weighted by molar-refractivity contribution is 6.04. The lowest BCUT2D eigenvalue weighted by molar-refractivity contribution is 0.104. The third kappa shape index (κ3) is 3.46. The Morgan fingerprint density at radius 2 is 1.83 bits per heavy atom. The summed E-state index contributed by atoms with van der Waals surface area (Å²) in [7, 11) is 0. The fourth-order valence-electron chi connectivity index (χ4n) is 1.80. The molecule has 0 aromatic heterocycles. The molecule has 0 unspecified atom stereocenters. The summed E-state index contributed by atoms with van der Waals surface area (Å²) in [4.78, 5) is 12.0. The van der Waals surface area contributed by atoms with Gasteiger partial charge in [0.25, 0.3) is 0 Å². The quantitative estimate of drug-likeness (QED) is 0.555. The van der Waals surface area contributed by atoms with Gasteiger partial charge in [0.05, 0.1) is 6.10 Å². The molecule has 0 saturated heterocycles. The van der Waals surface area contributed by atoms with E-state index in [0.717, 1.165) is 37.0 Å². The van der Waals surface area contributed by atoms with E-state index in [2.05, 4.69) is 13.8 Å². The molecule has 0 bridgehead atoms. The van der Waals surface area contributed by atoms with Crippen LogP contribution in [0.3, 0.4) is 0 Å². The van der Waals surface area contributed by atoms with Crippen molar-refractivity contribution in [2.75, 3.05) is 0 Å². The van der Waals surface area contributed by atoms with E-state index in [1.807, 2.05) is 24.3 Å². The number of ether oxygens (including phenoxy) is 1. The average molecular weight is 244 g/mol. The molecule has 1 saturated carbocycles. The van der Waals surface area contributed by atoms with E-state index in [1.54, 1.807) is 6.08 Å². The minimum atomic E-state index is 0.0895. The lowest BCUT2D eigenvalue weighted by atomic mass is 10.0. The van der Waals surface area contributed by atoms with E-state index in [9.17, 15) is 4.79 Å². The number of hydrogen-bond donors (Lipinski definition) is 0. The van der Waals surface area contributed by atoms with Crippen LogP contribution in [0.25, 0.3) is 0 Å². The van der Waals surface area contributed by atoms with Gasteiger partial charge in [-0.2, -0.15) is 0 Å². The summed E-state index contributed by atoms with van der Waals surface area (Å²) >= 11 is 0. The summed E-state index contributed by atoms with van der Waals surface area (Å²) in [5, 5.41) is 0. The van der Waals surface area contributed by atoms with Crippen molar-refractivity contribution < 1.29 is 9.53 Å². The van der Waals surface area contributed by atoms with Crippen LogP contribution in [0, 0.1) is 0 Å². The molecule has 1 aliphatic carbocycles. The molecule has 0 radical (unpaired) electrons. The van der Waals surface area contributed by atoms with Crippen molar-refractivity contribution in [3.8, 4) is 5.75 Å². The molecule has 18 heavy (non-hydrogen) atoms. The monoisotopic (exact) mass is 244 g/mol. The molecule has 96 valence electrons. The Bertz CT molecular complexity index is 433. The van der Waals surface area contributed by atoms with Gasteiger partial charge in [-0.05, 0) is 56.0 Å². The van der Waals surface area contributed by atoms with Crippen LogP contribution in [0.1, 0.15) is 49.9 Å². The van der Waals surface area contributed by atoms with Crippen LogP contribution in [0.15, 0.2) is 35.9 Å². The Hall–Kier alpha value is -1.57. The van der Waals surface area contributed by atoms with Gasteiger partial charge in [-0.1, -0.05) is 19.4 Å². The van der Waals surface area contributed by atoms with Crippen LogP contribution in [-0.2, 0) is 0 Å². The molecule has 2 nitrogen and oxygen atoms in total. The number of carbonyl (C=O) groups is 1. The van der Waals surface area contributed by atoms with E-state index in [4.69, 9.17) is 4.74 Å². The van der Waals surface area contributed by atoms with Crippen molar-refractivity contribution in [1.82, 2.24) is 0 Å². The van der Waals surface area contributed by atoms with Gasteiger partial charge in [-0.3, -0.25) is 4.79 Å². The zero-order chi connectivity index (χ0) is 13.0. The highest BCUT2D eigenvalue weighted by atomic mass is 16.5. The van der Waals surface area contributed by atoms with Gasteiger partial charge in [-0.15, -0.1) is 0 Å². The first kappa shape index (κ1) is 12.9. The van der Waals surface area contributed by atoms with E-state index in [0.29, 0.717) is 6.10 Å². The standard InChI is InChI=1S/C16H20O2/c1-3-12(4-2)11-16(17)13-5-7-14(8-6-13)18-15-9-10-15/h5-8,11,15H,3-4,9-10H2,1-2H3. The predicted octanol–water partition coefficient (Wildman–Crippen LogP) is 4.16. The normalized spacial score (nSPS) is 14.1. The summed E-state index contributed by atoms with van der Waals surface area (Å²) < 4.78 is 5.66. The fourth-order valence-corrected chi connectivity index (χ4v) is 1.80. The van der Waals surface area contributed by atoms with Crippen molar-refractivity contribution in [2.45, 2.75) is 45.6 Å². The minimum Gasteiger partial charge on any atom is -0.490 e. The van der Waals surface area contributed by atoms with Crippen LogP contribution >= 0.6 is 0 Å². The van der Waals surface area contributed by atoms with Crippen molar-refractivity contribution >= 4 is 5.78 Å². The first-order chi connectivity index (χ1) is 8.72. The van der Waals surface area contributed by atoms with Crippen molar-refractivity contribution in [3.63, 3.8) is 0 Å². The van der Waals surface area contributed by atoms with Crippen LogP contribution in [0.2, 0.25) is 0 Å². The van der Waals surface area contributed by atoms with E-state index < -0.39 is 0 Å². The van der Waals surface area contributed by atoms with Gasteiger partial charge in [0.2, 0.25) is 0 Å². The molecule has 1 aliphatic rings. The average Bonchev–Trinajstić information content (AvgIpc) is 3.20. The zero-order valence-electron chi connectivity index (χ0n) is 11.1. The Morgan fingerprint density at radius 1 is 1.22 bits per heavy atom.